The van der Waals surface area contributed by atoms with E-state index in [2.05, 4.69) is 161 Å². The molecule has 3 aliphatic heterocycles. The maximum atomic E-state index is 6.59. The average Bonchev–Trinajstić information content (AvgIpc) is 3.66. The Morgan fingerprint density at radius 2 is 1.15 bits per heavy atom. The second kappa shape index (κ2) is 10.8. The van der Waals surface area contributed by atoms with Crippen molar-refractivity contribution < 1.29 is 9.15 Å². The second-order valence-electron chi connectivity index (χ2n) is 14.1. The molecule has 0 atom stereocenters. The van der Waals surface area contributed by atoms with Gasteiger partial charge in [0.05, 0.1) is 11.4 Å². The molecule has 9 aromatic rings. The van der Waals surface area contributed by atoms with Crippen molar-refractivity contribution in [2.45, 2.75) is 0 Å². The van der Waals surface area contributed by atoms with Crippen molar-refractivity contribution in [3.63, 3.8) is 0 Å². The molecule has 1 aromatic heterocycles. The van der Waals surface area contributed by atoms with E-state index in [0.717, 1.165) is 50.9 Å². The van der Waals surface area contributed by atoms with E-state index < -0.39 is 0 Å². The molecule has 0 radical (unpaired) electrons. The molecular formula is C48H29BN2O2. The minimum atomic E-state index is 0.0167. The summed E-state index contributed by atoms with van der Waals surface area (Å²) in [5.74, 6) is 2.63. The molecule has 5 heteroatoms. The molecule has 0 N–H and O–H groups in total. The predicted octanol–water partition coefficient (Wildman–Crippen LogP) is 11.1. The lowest BCUT2D eigenvalue weighted by Gasteiger charge is -2.45. The van der Waals surface area contributed by atoms with Gasteiger partial charge in [-0.25, -0.2) is 0 Å². The normalized spacial score (nSPS) is 13.3. The third kappa shape index (κ3) is 4.13. The van der Waals surface area contributed by atoms with Gasteiger partial charge < -0.3 is 19.0 Å². The number of hydrogen-bond donors (Lipinski definition) is 0. The molecule has 4 heterocycles. The molecule has 0 saturated heterocycles. The molecule has 0 unspecified atom stereocenters. The van der Waals surface area contributed by atoms with Crippen molar-refractivity contribution in [3.05, 3.63) is 176 Å². The van der Waals surface area contributed by atoms with Gasteiger partial charge in [-0.05, 0) is 105 Å². The summed E-state index contributed by atoms with van der Waals surface area (Å²) in [7, 11) is 0. The monoisotopic (exact) mass is 676 g/mol. The van der Waals surface area contributed by atoms with Crippen LogP contribution < -0.4 is 30.9 Å². The molecule has 0 aliphatic carbocycles. The number of rotatable bonds is 3. The van der Waals surface area contributed by atoms with Gasteiger partial charge in [0.25, 0.3) is 6.71 Å². The van der Waals surface area contributed by atoms with Gasteiger partial charge in [-0.3, -0.25) is 0 Å². The van der Waals surface area contributed by atoms with Gasteiger partial charge in [0, 0.05) is 33.7 Å². The Labute approximate surface area is 306 Å². The van der Waals surface area contributed by atoms with Crippen molar-refractivity contribution in [1.82, 2.24) is 0 Å². The van der Waals surface area contributed by atoms with Crippen LogP contribution in [0.1, 0.15) is 0 Å². The number of furan rings is 1. The Kier molecular flexibility index (Phi) is 5.83. The predicted molar refractivity (Wildman–Crippen MR) is 219 cm³/mol. The van der Waals surface area contributed by atoms with Crippen LogP contribution in [0.15, 0.2) is 180 Å². The summed E-state index contributed by atoms with van der Waals surface area (Å²) in [6.07, 6.45) is 0. The molecule has 0 bridgehead atoms. The van der Waals surface area contributed by atoms with Gasteiger partial charge in [0.15, 0.2) is 11.5 Å². The van der Waals surface area contributed by atoms with Crippen LogP contribution in [0.2, 0.25) is 0 Å². The quantitative estimate of drug-likeness (QED) is 0.174. The zero-order valence-electron chi connectivity index (χ0n) is 28.5. The Morgan fingerprint density at radius 1 is 0.415 bits per heavy atom. The smallest absolute Gasteiger partial charge is 0.252 e. The fourth-order valence-electron chi connectivity index (χ4n) is 8.87. The first-order valence-corrected chi connectivity index (χ1v) is 18.1. The summed E-state index contributed by atoms with van der Waals surface area (Å²) in [5, 5.41) is 3.46. The summed E-state index contributed by atoms with van der Waals surface area (Å²) < 4.78 is 12.8. The maximum absolute atomic E-state index is 6.59. The highest BCUT2D eigenvalue weighted by Gasteiger charge is 2.45. The van der Waals surface area contributed by atoms with E-state index in [1.165, 1.54) is 55.3 Å². The molecule has 0 amide bonds. The third-order valence-electron chi connectivity index (χ3n) is 11.2. The molecule has 8 aromatic carbocycles. The first-order valence-electron chi connectivity index (χ1n) is 18.1. The van der Waals surface area contributed by atoms with E-state index in [4.69, 9.17) is 9.15 Å². The van der Waals surface area contributed by atoms with Crippen LogP contribution in [0.5, 0.6) is 11.5 Å². The van der Waals surface area contributed by atoms with Crippen molar-refractivity contribution in [3.8, 4) is 33.9 Å². The van der Waals surface area contributed by atoms with Crippen molar-refractivity contribution in [1.29, 1.82) is 0 Å². The highest BCUT2D eigenvalue weighted by molar-refractivity contribution is 7.00. The Bertz CT molecular complexity index is 2940. The van der Waals surface area contributed by atoms with Gasteiger partial charge in [0.2, 0.25) is 0 Å². The first-order chi connectivity index (χ1) is 26.3. The number of fused-ring (bicyclic) bond motifs is 8. The fourth-order valence-corrected chi connectivity index (χ4v) is 8.87. The number of anilines is 6. The average molecular weight is 677 g/mol. The molecular weight excluding hydrogens is 647 g/mol. The standard InChI is InChI=1S/C48H29BN2O2/c1-2-10-30(11-3-1)33-23-25-39-38(28-33)49-37-13-8-19-45-48(37)51(40-14-5-7-18-44(40)53-45)42-16-9-15-41(47(42)49)50(39)36-24-22-31-26-35(21-20-32(31)27-36)46-29-34-12-4-6-17-43(34)52-46/h1-29H. The Hall–Kier alpha value is -6.98. The van der Waals surface area contributed by atoms with E-state index in [9.17, 15) is 0 Å². The number of benzene rings is 8. The zero-order chi connectivity index (χ0) is 34.6. The van der Waals surface area contributed by atoms with Crippen molar-refractivity contribution in [2.75, 3.05) is 9.80 Å². The molecule has 246 valence electrons. The maximum Gasteiger partial charge on any atom is 0.252 e. The van der Waals surface area contributed by atoms with Crippen LogP contribution in [-0.2, 0) is 0 Å². The van der Waals surface area contributed by atoms with Crippen molar-refractivity contribution >= 4 is 79.0 Å². The number of nitrogens with zero attached hydrogens (tertiary/aromatic N) is 2. The largest absolute Gasteiger partial charge is 0.456 e. The van der Waals surface area contributed by atoms with Gasteiger partial charge in [-0.2, -0.15) is 0 Å². The molecule has 0 saturated carbocycles. The van der Waals surface area contributed by atoms with Gasteiger partial charge >= 0.3 is 0 Å². The van der Waals surface area contributed by atoms with Crippen LogP contribution >= 0.6 is 0 Å². The number of ether oxygens (including phenoxy) is 1. The Balaban J connectivity index is 1.07. The Morgan fingerprint density at radius 3 is 2.08 bits per heavy atom. The van der Waals surface area contributed by atoms with E-state index >= 15 is 0 Å². The first kappa shape index (κ1) is 28.7. The van der Waals surface area contributed by atoms with E-state index in [1.54, 1.807) is 0 Å². The van der Waals surface area contributed by atoms with Crippen LogP contribution in [0.4, 0.5) is 34.1 Å². The molecule has 3 aliphatic rings. The molecule has 0 spiro atoms. The van der Waals surface area contributed by atoms with Crippen LogP contribution in [0.3, 0.4) is 0 Å². The number of para-hydroxylation sites is 4. The number of hydrogen-bond acceptors (Lipinski definition) is 4. The SMILES string of the molecule is c1ccc(-c2ccc3c(c2)B2c4cccc5c4N(c4ccccc4O5)c4cccc(c42)N3c2ccc3cc(-c4cc5ccccc5o4)ccc3c2)cc1. The van der Waals surface area contributed by atoms with Gasteiger partial charge in [-0.15, -0.1) is 0 Å². The summed E-state index contributed by atoms with van der Waals surface area (Å²) >= 11 is 0. The molecule has 12 rings (SSSR count). The van der Waals surface area contributed by atoms with Crippen LogP contribution in [0, 0.1) is 0 Å². The van der Waals surface area contributed by atoms with E-state index in [0.29, 0.717) is 0 Å². The van der Waals surface area contributed by atoms with E-state index in [1.807, 2.05) is 24.3 Å². The highest BCUT2D eigenvalue weighted by Crippen LogP contribution is 2.52. The summed E-state index contributed by atoms with van der Waals surface area (Å²) in [5.41, 5.74) is 15.1. The lowest BCUT2D eigenvalue weighted by molar-refractivity contribution is 0.477. The molecule has 53 heavy (non-hydrogen) atoms. The summed E-state index contributed by atoms with van der Waals surface area (Å²) in [6, 6.07) is 63.1. The van der Waals surface area contributed by atoms with Gasteiger partial charge in [-0.1, -0.05) is 109 Å². The minimum absolute atomic E-state index is 0.0167. The van der Waals surface area contributed by atoms with Crippen LogP contribution in [0.25, 0.3) is 44.2 Å². The minimum Gasteiger partial charge on any atom is -0.456 e. The fraction of sp³-hybridized carbons (Fsp3) is 0. The van der Waals surface area contributed by atoms with Crippen LogP contribution in [-0.4, -0.2) is 6.71 Å². The van der Waals surface area contributed by atoms with Gasteiger partial charge in [0.1, 0.15) is 11.3 Å². The topological polar surface area (TPSA) is 28.9 Å². The van der Waals surface area contributed by atoms with Crippen molar-refractivity contribution in [2.24, 2.45) is 0 Å². The third-order valence-corrected chi connectivity index (χ3v) is 11.2. The lowest BCUT2D eigenvalue weighted by atomic mass is 9.33. The molecule has 4 nitrogen and oxygen atoms in total. The second-order valence-corrected chi connectivity index (χ2v) is 14.1. The molecule has 0 fully saturated rings. The highest BCUT2D eigenvalue weighted by atomic mass is 16.5. The lowest BCUT2D eigenvalue weighted by Crippen LogP contribution is -2.61. The van der Waals surface area contributed by atoms with E-state index in [-0.39, 0.29) is 6.71 Å². The summed E-state index contributed by atoms with van der Waals surface area (Å²) in [6.45, 7) is 0.0167. The summed E-state index contributed by atoms with van der Waals surface area (Å²) in [4.78, 5) is 4.89. The zero-order valence-corrected chi connectivity index (χ0v) is 28.5.